The van der Waals surface area contributed by atoms with Crippen LogP contribution < -0.4 is 11.1 Å². The molecule has 0 aliphatic rings. The second kappa shape index (κ2) is 57.5. The highest BCUT2D eigenvalue weighted by atomic mass is 31.2. The Bertz CT molecular complexity index is 1110. The fourth-order valence-corrected chi connectivity index (χ4v) is 10.7. The van der Waals surface area contributed by atoms with Gasteiger partial charge in [0.1, 0.15) is 0 Å². The SMILES string of the molecule is CCCCCCCCCCCCCCCC/C=C/[C@@H](O)[C@H](COP(=O)(O)OCCN)NC(=O)CCCCCCCCCCCCCCCCCCCCCCCCCCCCCCCCCCCCC. The van der Waals surface area contributed by atoms with Crippen molar-refractivity contribution in [3.63, 3.8) is 0 Å². The number of hydrogen-bond donors (Lipinski definition) is 4. The van der Waals surface area contributed by atoms with Crippen molar-refractivity contribution in [2.75, 3.05) is 19.8 Å². The zero-order chi connectivity index (χ0) is 51.0. The van der Waals surface area contributed by atoms with Gasteiger partial charge in [-0.1, -0.05) is 328 Å². The maximum Gasteiger partial charge on any atom is 0.472 e. The number of hydrogen-bond acceptors (Lipinski definition) is 6. The lowest BCUT2D eigenvalue weighted by Crippen LogP contribution is -2.45. The van der Waals surface area contributed by atoms with E-state index in [9.17, 15) is 19.4 Å². The molecule has 1 unspecified atom stereocenters. The molecule has 0 spiro atoms. The summed E-state index contributed by atoms with van der Waals surface area (Å²) in [5.74, 6) is -0.185. The summed E-state index contributed by atoms with van der Waals surface area (Å²) in [5, 5.41) is 13.8. The quantitative estimate of drug-likeness (QED) is 0.0271. The average Bonchev–Trinajstić information content (AvgIpc) is 3.35. The number of carbonyl (C=O) groups is 1. The maximum absolute atomic E-state index is 12.9. The van der Waals surface area contributed by atoms with Crippen LogP contribution in [0.2, 0.25) is 0 Å². The summed E-state index contributed by atoms with van der Waals surface area (Å²) in [6, 6.07) is -0.856. The van der Waals surface area contributed by atoms with Crippen LogP contribution in [0, 0.1) is 0 Å². The van der Waals surface area contributed by atoms with Gasteiger partial charge in [0.15, 0.2) is 0 Å². The van der Waals surface area contributed by atoms with Gasteiger partial charge in [-0.3, -0.25) is 13.8 Å². The van der Waals surface area contributed by atoms with Crippen LogP contribution in [0.25, 0.3) is 0 Å². The standard InChI is InChI=1S/C61H123N2O6P/c1-3-5-7-9-11-13-15-17-19-21-22-23-24-25-26-27-28-29-30-31-32-33-34-35-36-37-38-39-41-43-45-47-49-51-53-55-61(65)63-59(58-69-70(66,67)68-57-56-62)60(64)54-52-50-48-46-44-42-40-20-18-16-14-12-10-8-6-4-2/h52,54,59-60,64H,3-51,53,55-58,62H2,1-2H3,(H,63,65)(H,66,67)/b54-52+/t59-,60+/m0/s1. The third kappa shape index (κ3) is 55.0. The van der Waals surface area contributed by atoms with E-state index in [-0.39, 0.29) is 25.7 Å². The highest BCUT2D eigenvalue weighted by molar-refractivity contribution is 7.47. The Kier molecular flexibility index (Phi) is 56.9. The zero-order valence-corrected chi connectivity index (χ0v) is 47.9. The maximum atomic E-state index is 12.9. The lowest BCUT2D eigenvalue weighted by molar-refractivity contribution is -0.123. The van der Waals surface area contributed by atoms with E-state index in [1.165, 1.54) is 283 Å². The van der Waals surface area contributed by atoms with Crippen LogP contribution in [0.4, 0.5) is 0 Å². The van der Waals surface area contributed by atoms with Crippen molar-refractivity contribution in [3.05, 3.63) is 12.2 Å². The van der Waals surface area contributed by atoms with Crippen LogP contribution in [0.1, 0.15) is 341 Å². The number of aliphatic hydroxyl groups is 1. The molecule has 0 aliphatic heterocycles. The normalized spacial score (nSPS) is 13.6. The number of phosphoric acid groups is 1. The van der Waals surface area contributed by atoms with Crippen molar-refractivity contribution >= 4 is 13.7 Å². The Morgan fingerprint density at radius 1 is 0.457 bits per heavy atom. The molecule has 1 amide bonds. The van der Waals surface area contributed by atoms with Gasteiger partial charge in [-0.2, -0.15) is 0 Å². The number of aliphatic hydroxyl groups excluding tert-OH is 1. The lowest BCUT2D eigenvalue weighted by Gasteiger charge is -2.23. The smallest absolute Gasteiger partial charge is 0.387 e. The van der Waals surface area contributed by atoms with E-state index in [2.05, 4.69) is 19.2 Å². The average molecular weight is 1010 g/mol. The van der Waals surface area contributed by atoms with Crippen LogP contribution in [0.5, 0.6) is 0 Å². The Labute approximate surface area is 436 Å². The summed E-state index contributed by atoms with van der Waals surface area (Å²) in [7, 11) is -4.34. The molecule has 0 aliphatic carbocycles. The summed E-state index contributed by atoms with van der Waals surface area (Å²) < 4.78 is 22.3. The minimum absolute atomic E-state index is 0.0818. The van der Waals surface area contributed by atoms with Crippen molar-refractivity contribution < 1.29 is 28.4 Å². The summed E-state index contributed by atoms with van der Waals surface area (Å²) >= 11 is 0. The molecule has 0 saturated carbocycles. The first kappa shape index (κ1) is 69.2. The van der Waals surface area contributed by atoms with Gasteiger partial charge in [0, 0.05) is 13.0 Å². The van der Waals surface area contributed by atoms with Gasteiger partial charge in [0.2, 0.25) is 5.91 Å². The van der Waals surface area contributed by atoms with Gasteiger partial charge in [-0.15, -0.1) is 0 Å². The van der Waals surface area contributed by atoms with Crippen molar-refractivity contribution in [1.29, 1.82) is 0 Å². The summed E-state index contributed by atoms with van der Waals surface area (Å²) in [5.41, 5.74) is 5.41. The van der Waals surface area contributed by atoms with Gasteiger partial charge in [-0.05, 0) is 19.3 Å². The summed E-state index contributed by atoms with van der Waals surface area (Å²) in [6.45, 7) is 4.20. The molecule has 70 heavy (non-hydrogen) atoms. The van der Waals surface area contributed by atoms with Crippen LogP contribution in [-0.4, -0.2) is 47.8 Å². The first-order valence-corrected chi connectivity index (χ1v) is 32.8. The van der Waals surface area contributed by atoms with Gasteiger partial charge in [-0.25, -0.2) is 4.57 Å². The van der Waals surface area contributed by atoms with Gasteiger partial charge < -0.3 is 21.1 Å². The minimum atomic E-state index is -4.34. The number of nitrogens with one attached hydrogen (secondary N) is 1. The molecule has 0 rings (SSSR count). The van der Waals surface area contributed by atoms with Crippen LogP contribution in [-0.2, 0) is 18.4 Å². The molecule has 0 fully saturated rings. The Balaban J connectivity index is 3.79. The topological polar surface area (TPSA) is 131 Å². The lowest BCUT2D eigenvalue weighted by atomic mass is 10.0. The predicted molar refractivity (Wildman–Crippen MR) is 305 cm³/mol. The molecule has 0 saturated heterocycles. The predicted octanol–water partition coefficient (Wildman–Crippen LogP) is 19.4. The van der Waals surface area contributed by atoms with Gasteiger partial charge in [0.05, 0.1) is 25.4 Å². The Morgan fingerprint density at radius 2 is 0.729 bits per heavy atom. The van der Waals surface area contributed by atoms with Crippen LogP contribution >= 0.6 is 7.82 Å². The molecule has 8 nitrogen and oxygen atoms in total. The second-order valence-electron chi connectivity index (χ2n) is 21.6. The van der Waals surface area contributed by atoms with Crippen molar-refractivity contribution in [2.24, 2.45) is 5.73 Å². The fraction of sp³-hybridized carbons (Fsp3) is 0.951. The minimum Gasteiger partial charge on any atom is -0.387 e. The monoisotopic (exact) mass is 1010 g/mol. The number of carbonyl (C=O) groups excluding carboxylic acids is 1. The van der Waals surface area contributed by atoms with E-state index < -0.39 is 20.0 Å². The molecule has 0 heterocycles. The molecule has 0 aromatic heterocycles. The van der Waals surface area contributed by atoms with Crippen LogP contribution in [0.3, 0.4) is 0 Å². The highest BCUT2D eigenvalue weighted by Gasteiger charge is 2.27. The molecule has 0 aromatic carbocycles. The van der Waals surface area contributed by atoms with E-state index in [0.29, 0.717) is 6.42 Å². The van der Waals surface area contributed by atoms with Gasteiger partial charge in [0.25, 0.3) is 0 Å². The largest absolute Gasteiger partial charge is 0.472 e. The number of unbranched alkanes of at least 4 members (excludes halogenated alkanes) is 48. The Hall–Kier alpha value is -0.760. The molecule has 9 heteroatoms. The molecule has 418 valence electrons. The number of nitrogens with two attached hydrogens (primary N) is 1. The molecule has 5 N–H and O–H groups in total. The molecule has 0 bridgehead atoms. The van der Waals surface area contributed by atoms with E-state index in [4.69, 9.17) is 14.8 Å². The molecular weight excluding hydrogens is 888 g/mol. The molecule has 3 atom stereocenters. The first-order valence-electron chi connectivity index (χ1n) is 31.3. The summed E-state index contributed by atoms with van der Waals surface area (Å²) in [4.78, 5) is 22.9. The number of allylic oxidation sites excluding steroid dienone is 1. The van der Waals surface area contributed by atoms with E-state index in [1.54, 1.807) is 6.08 Å². The van der Waals surface area contributed by atoms with Crippen molar-refractivity contribution in [1.82, 2.24) is 5.32 Å². The van der Waals surface area contributed by atoms with Crippen LogP contribution in [0.15, 0.2) is 12.2 Å². The van der Waals surface area contributed by atoms with E-state index in [1.807, 2.05) is 6.08 Å². The number of rotatable bonds is 60. The first-order chi connectivity index (χ1) is 34.4. The molecular formula is C61H123N2O6P. The third-order valence-corrected chi connectivity index (χ3v) is 15.6. The number of phosphoric ester groups is 1. The van der Waals surface area contributed by atoms with Crippen molar-refractivity contribution in [2.45, 2.75) is 353 Å². The van der Waals surface area contributed by atoms with Crippen molar-refractivity contribution in [3.8, 4) is 0 Å². The molecule has 0 aromatic rings. The summed E-state index contributed by atoms with van der Waals surface area (Å²) in [6.07, 6.45) is 70.5. The van der Waals surface area contributed by atoms with E-state index in [0.717, 1.165) is 38.5 Å². The highest BCUT2D eigenvalue weighted by Crippen LogP contribution is 2.43. The Morgan fingerprint density at radius 3 is 1.01 bits per heavy atom. The number of amides is 1. The fourth-order valence-electron chi connectivity index (χ4n) is 9.90. The molecule has 0 radical (unpaired) electrons. The van der Waals surface area contributed by atoms with Gasteiger partial charge >= 0.3 is 7.82 Å². The zero-order valence-electron chi connectivity index (χ0n) is 47.0. The third-order valence-electron chi connectivity index (χ3n) is 14.6. The van der Waals surface area contributed by atoms with E-state index >= 15 is 0 Å². The second-order valence-corrected chi connectivity index (χ2v) is 23.1.